The van der Waals surface area contributed by atoms with E-state index in [-0.39, 0.29) is 12.5 Å². The summed E-state index contributed by atoms with van der Waals surface area (Å²) in [4.78, 5) is 11.0. The lowest BCUT2D eigenvalue weighted by molar-refractivity contribution is -0.274. The van der Waals surface area contributed by atoms with E-state index in [1.807, 2.05) is 25.1 Å². The van der Waals surface area contributed by atoms with Crippen molar-refractivity contribution in [3.63, 3.8) is 0 Å². The Morgan fingerprint density at radius 3 is 2.64 bits per heavy atom. The summed E-state index contributed by atoms with van der Waals surface area (Å²) >= 11 is 0. The highest BCUT2D eigenvalue weighted by Crippen LogP contribution is 2.35. The molecule has 3 aromatic rings. The molecule has 0 spiro atoms. The van der Waals surface area contributed by atoms with E-state index in [1.165, 1.54) is 18.2 Å². The molecule has 11 heteroatoms. The molecule has 0 saturated heterocycles. The lowest BCUT2D eigenvalue weighted by Crippen LogP contribution is -2.21. The highest BCUT2D eigenvalue weighted by atomic mass is 19.4. The van der Waals surface area contributed by atoms with Gasteiger partial charge in [-0.1, -0.05) is 12.1 Å². The maximum atomic E-state index is 12.7. The van der Waals surface area contributed by atoms with Gasteiger partial charge in [-0.15, -0.1) is 13.2 Å². The number of likely N-dealkylation sites (N-methyl/N-ethyl adjacent to an activating group) is 1. The Kier molecular flexibility index (Phi) is 6.40. The second-order valence-electron chi connectivity index (χ2n) is 7.46. The Balaban J connectivity index is 1.64. The zero-order valence-corrected chi connectivity index (χ0v) is 17.9. The molecule has 1 aliphatic heterocycles. The Morgan fingerprint density at radius 1 is 1.03 bits per heavy atom. The van der Waals surface area contributed by atoms with E-state index in [0.717, 1.165) is 6.54 Å². The van der Waals surface area contributed by atoms with Gasteiger partial charge in [0, 0.05) is 36.5 Å². The summed E-state index contributed by atoms with van der Waals surface area (Å²) in [7, 11) is 3.88. The molecule has 0 unspecified atom stereocenters. The molecule has 0 radical (unpaired) electrons. The Hall–Kier alpha value is -3.73. The number of anilines is 3. The number of ether oxygens (including phenoxy) is 3. The third kappa shape index (κ3) is 6.16. The van der Waals surface area contributed by atoms with Gasteiger partial charge in [-0.3, -0.25) is 0 Å². The summed E-state index contributed by atoms with van der Waals surface area (Å²) in [6, 6.07) is 12.7. The van der Waals surface area contributed by atoms with Crippen LogP contribution in [0.5, 0.6) is 17.2 Å². The molecular weight excluding hydrogens is 439 g/mol. The molecule has 0 amide bonds. The fourth-order valence-electron chi connectivity index (χ4n) is 3.10. The first-order valence-electron chi connectivity index (χ1n) is 10.1. The first-order chi connectivity index (χ1) is 15.7. The summed E-state index contributed by atoms with van der Waals surface area (Å²) in [5.41, 5.74) is 1.58. The standard InChI is InChI=1S/C22H22F3N5O3/c1-30(2)9-8-26-21-28-17(14-4-3-5-16(10-14)33-22(23,24)25)12-20(29-21)27-15-6-7-18-19(11-15)32-13-31-18/h3-7,10-12H,8-9,13H2,1-2H3,(H2,26,27,28,29). The highest BCUT2D eigenvalue weighted by molar-refractivity contribution is 5.69. The van der Waals surface area contributed by atoms with Crippen molar-refractivity contribution in [1.82, 2.24) is 14.9 Å². The summed E-state index contributed by atoms with van der Waals surface area (Å²) in [6.07, 6.45) is -4.78. The van der Waals surface area contributed by atoms with Gasteiger partial charge in [0.1, 0.15) is 11.6 Å². The van der Waals surface area contributed by atoms with Crippen molar-refractivity contribution in [1.29, 1.82) is 0 Å². The molecule has 0 saturated carbocycles. The van der Waals surface area contributed by atoms with E-state index in [1.54, 1.807) is 24.3 Å². The lowest BCUT2D eigenvalue weighted by Gasteiger charge is -2.14. The summed E-state index contributed by atoms with van der Waals surface area (Å²) < 4.78 is 52.7. The molecule has 8 nitrogen and oxygen atoms in total. The molecule has 1 aromatic heterocycles. The van der Waals surface area contributed by atoms with E-state index in [9.17, 15) is 13.2 Å². The molecule has 0 atom stereocenters. The van der Waals surface area contributed by atoms with Gasteiger partial charge in [-0.2, -0.15) is 4.98 Å². The third-order valence-corrected chi connectivity index (χ3v) is 4.58. The highest BCUT2D eigenvalue weighted by Gasteiger charge is 2.31. The minimum Gasteiger partial charge on any atom is -0.454 e. The minimum absolute atomic E-state index is 0.159. The molecule has 2 N–H and O–H groups in total. The van der Waals surface area contributed by atoms with E-state index in [4.69, 9.17) is 9.47 Å². The number of nitrogens with zero attached hydrogens (tertiary/aromatic N) is 3. The number of aromatic nitrogens is 2. The second kappa shape index (κ2) is 9.41. The molecular formula is C22H22F3N5O3. The monoisotopic (exact) mass is 461 g/mol. The van der Waals surface area contributed by atoms with Gasteiger partial charge in [-0.05, 0) is 38.4 Å². The molecule has 0 fully saturated rings. The number of fused-ring (bicyclic) bond motifs is 1. The van der Waals surface area contributed by atoms with Crippen LogP contribution in [0.3, 0.4) is 0 Å². The smallest absolute Gasteiger partial charge is 0.454 e. The fraction of sp³-hybridized carbons (Fsp3) is 0.273. The van der Waals surface area contributed by atoms with Gasteiger partial charge in [0.05, 0.1) is 5.69 Å². The van der Waals surface area contributed by atoms with Gasteiger partial charge < -0.3 is 29.7 Å². The normalized spacial score (nSPS) is 12.7. The van der Waals surface area contributed by atoms with E-state index in [0.29, 0.717) is 46.8 Å². The van der Waals surface area contributed by atoms with Crippen LogP contribution in [0, 0.1) is 0 Å². The van der Waals surface area contributed by atoms with E-state index < -0.39 is 6.36 Å². The molecule has 2 heterocycles. The van der Waals surface area contributed by atoms with Crippen LogP contribution in [0.1, 0.15) is 0 Å². The predicted octanol–water partition coefficient (Wildman–Crippen LogP) is 4.49. The van der Waals surface area contributed by atoms with Gasteiger partial charge in [0.25, 0.3) is 0 Å². The van der Waals surface area contributed by atoms with Crippen LogP contribution >= 0.6 is 0 Å². The van der Waals surface area contributed by atoms with Crippen LogP contribution in [0.15, 0.2) is 48.5 Å². The zero-order valence-electron chi connectivity index (χ0n) is 17.9. The maximum Gasteiger partial charge on any atom is 0.573 e. The largest absolute Gasteiger partial charge is 0.573 e. The topological polar surface area (TPSA) is 80.8 Å². The van der Waals surface area contributed by atoms with Crippen molar-refractivity contribution in [2.75, 3.05) is 44.6 Å². The predicted molar refractivity (Wildman–Crippen MR) is 117 cm³/mol. The summed E-state index contributed by atoms with van der Waals surface area (Å²) in [5.74, 6) is 1.71. The fourth-order valence-corrected chi connectivity index (χ4v) is 3.10. The van der Waals surface area contributed by atoms with Crippen LogP contribution < -0.4 is 24.8 Å². The SMILES string of the molecule is CN(C)CCNc1nc(Nc2ccc3c(c2)OCO3)cc(-c2cccc(OC(F)(F)F)c2)n1. The number of halogens is 3. The quantitative estimate of drug-likeness (QED) is 0.508. The van der Waals surface area contributed by atoms with Crippen LogP contribution in [-0.4, -0.2) is 55.2 Å². The number of hydrogen-bond donors (Lipinski definition) is 2. The number of rotatable bonds is 8. The van der Waals surface area contributed by atoms with Crippen LogP contribution in [0.4, 0.5) is 30.6 Å². The minimum atomic E-state index is -4.78. The summed E-state index contributed by atoms with van der Waals surface area (Å²) in [6.45, 7) is 1.48. The molecule has 0 aliphatic carbocycles. The average molecular weight is 461 g/mol. The third-order valence-electron chi connectivity index (χ3n) is 4.58. The average Bonchev–Trinajstić information content (AvgIpc) is 3.20. The van der Waals surface area contributed by atoms with E-state index >= 15 is 0 Å². The Labute approximate surface area is 188 Å². The molecule has 4 rings (SSSR count). The van der Waals surface area contributed by atoms with Gasteiger partial charge in [0.2, 0.25) is 12.7 Å². The summed E-state index contributed by atoms with van der Waals surface area (Å²) in [5, 5.41) is 6.33. The zero-order chi connectivity index (χ0) is 23.4. The number of nitrogens with one attached hydrogen (secondary N) is 2. The van der Waals surface area contributed by atoms with Crippen LogP contribution in [0.2, 0.25) is 0 Å². The van der Waals surface area contributed by atoms with Crippen molar-refractivity contribution >= 4 is 17.5 Å². The number of hydrogen-bond acceptors (Lipinski definition) is 8. The second-order valence-corrected chi connectivity index (χ2v) is 7.46. The Bertz CT molecular complexity index is 1120. The van der Waals surface area contributed by atoms with Gasteiger partial charge in [0.15, 0.2) is 11.5 Å². The number of alkyl halides is 3. The molecule has 174 valence electrons. The van der Waals surface area contributed by atoms with Gasteiger partial charge >= 0.3 is 6.36 Å². The van der Waals surface area contributed by atoms with Crippen molar-refractivity contribution < 1.29 is 27.4 Å². The molecule has 33 heavy (non-hydrogen) atoms. The first kappa shape index (κ1) is 22.5. The van der Waals surface area contributed by atoms with Crippen molar-refractivity contribution in [2.24, 2.45) is 0 Å². The number of benzene rings is 2. The van der Waals surface area contributed by atoms with Crippen LogP contribution in [-0.2, 0) is 0 Å². The molecule has 2 aromatic carbocycles. The van der Waals surface area contributed by atoms with Crippen molar-refractivity contribution in [3.05, 3.63) is 48.5 Å². The lowest BCUT2D eigenvalue weighted by atomic mass is 10.1. The van der Waals surface area contributed by atoms with Gasteiger partial charge in [-0.25, -0.2) is 4.98 Å². The van der Waals surface area contributed by atoms with Crippen molar-refractivity contribution in [3.8, 4) is 28.5 Å². The molecule has 1 aliphatic rings. The maximum absolute atomic E-state index is 12.7. The first-order valence-corrected chi connectivity index (χ1v) is 10.1. The van der Waals surface area contributed by atoms with E-state index in [2.05, 4.69) is 25.3 Å². The van der Waals surface area contributed by atoms with Crippen LogP contribution in [0.25, 0.3) is 11.3 Å². The molecule has 0 bridgehead atoms. The van der Waals surface area contributed by atoms with Crippen molar-refractivity contribution in [2.45, 2.75) is 6.36 Å². The Morgan fingerprint density at radius 2 is 1.85 bits per heavy atom.